The molecular formula is C24H19N3O4S. The second kappa shape index (κ2) is 7.20. The standard InChI is InChI=1S/C24H19N3O4S/c28-17-9-10-26-21(22(17)29)24(30)25-13-27(26)20-16-5-1-2-6-18(16)32-12-15-8-7-14-4-3-11-31-23(14)19(15)20/h1-10,20,29H,11-13H2,(H,25,30)/t20-/m1/s1. The summed E-state index contributed by atoms with van der Waals surface area (Å²) in [7, 11) is 0. The van der Waals surface area contributed by atoms with Crippen LogP contribution in [0.5, 0.6) is 11.5 Å². The van der Waals surface area contributed by atoms with Crippen LogP contribution in [0.1, 0.15) is 38.8 Å². The number of pyridine rings is 1. The van der Waals surface area contributed by atoms with E-state index in [9.17, 15) is 14.7 Å². The van der Waals surface area contributed by atoms with E-state index in [2.05, 4.69) is 35.7 Å². The van der Waals surface area contributed by atoms with Crippen LogP contribution in [-0.4, -0.2) is 29.0 Å². The van der Waals surface area contributed by atoms with Gasteiger partial charge in [-0.3, -0.25) is 19.3 Å². The maximum Gasteiger partial charge on any atom is 0.275 e. The van der Waals surface area contributed by atoms with E-state index in [1.54, 1.807) is 22.6 Å². The molecule has 0 unspecified atom stereocenters. The topological polar surface area (TPSA) is 83.8 Å². The number of amides is 1. The van der Waals surface area contributed by atoms with Crippen LogP contribution in [0.3, 0.4) is 0 Å². The average Bonchev–Trinajstić information content (AvgIpc) is 2.99. The predicted molar refractivity (Wildman–Crippen MR) is 122 cm³/mol. The summed E-state index contributed by atoms with van der Waals surface area (Å²) in [5.41, 5.74) is 3.61. The first-order valence-electron chi connectivity index (χ1n) is 10.3. The summed E-state index contributed by atoms with van der Waals surface area (Å²) in [6, 6.07) is 13.4. The maximum absolute atomic E-state index is 12.6. The summed E-state index contributed by atoms with van der Waals surface area (Å²) in [5, 5.41) is 15.2. The third-order valence-electron chi connectivity index (χ3n) is 6.05. The summed E-state index contributed by atoms with van der Waals surface area (Å²) < 4.78 is 7.74. The maximum atomic E-state index is 12.6. The normalized spacial score (nSPS) is 18.4. The molecule has 1 aromatic heterocycles. The number of fused-ring (bicyclic) bond motifs is 5. The molecule has 6 rings (SSSR count). The third-order valence-corrected chi connectivity index (χ3v) is 7.19. The molecule has 0 radical (unpaired) electrons. The molecule has 0 fully saturated rings. The molecule has 7 nitrogen and oxygen atoms in total. The Balaban J connectivity index is 1.65. The Morgan fingerprint density at radius 1 is 1.12 bits per heavy atom. The summed E-state index contributed by atoms with van der Waals surface area (Å²) in [6.07, 6.45) is 5.60. The van der Waals surface area contributed by atoms with Gasteiger partial charge in [0.05, 0.1) is 0 Å². The van der Waals surface area contributed by atoms with E-state index in [4.69, 9.17) is 4.74 Å². The van der Waals surface area contributed by atoms with Crippen molar-refractivity contribution in [1.82, 2.24) is 9.99 Å². The molecule has 3 aromatic rings. The highest BCUT2D eigenvalue weighted by Crippen LogP contribution is 2.47. The Morgan fingerprint density at radius 3 is 2.91 bits per heavy atom. The van der Waals surface area contributed by atoms with Gasteiger partial charge < -0.3 is 15.2 Å². The Bertz CT molecular complexity index is 1360. The molecule has 1 atom stereocenters. The fraction of sp³-hybridized carbons (Fsp3) is 0.167. The molecule has 0 spiro atoms. The van der Waals surface area contributed by atoms with E-state index in [-0.39, 0.29) is 18.4 Å². The Hall–Kier alpha value is -3.65. The van der Waals surface area contributed by atoms with Gasteiger partial charge in [-0.15, -0.1) is 11.8 Å². The van der Waals surface area contributed by atoms with E-state index >= 15 is 0 Å². The highest BCUT2D eigenvalue weighted by Gasteiger charge is 2.37. The minimum Gasteiger partial charge on any atom is -0.502 e. The van der Waals surface area contributed by atoms with Crippen LogP contribution in [0.2, 0.25) is 0 Å². The number of aromatic nitrogens is 1. The zero-order valence-corrected chi connectivity index (χ0v) is 17.8. The molecule has 3 aliphatic heterocycles. The van der Waals surface area contributed by atoms with Crippen LogP contribution in [0.15, 0.2) is 64.4 Å². The van der Waals surface area contributed by atoms with Crippen molar-refractivity contribution >= 4 is 23.7 Å². The molecule has 160 valence electrons. The molecule has 0 aliphatic carbocycles. The third kappa shape index (κ3) is 2.76. The van der Waals surface area contributed by atoms with E-state index in [0.717, 1.165) is 38.7 Å². The van der Waals surface area contributed by atoms with Gasteiger partial charge in [0.25, 0.3) is 5.91 Å². The van der Waals surface area contributed by atoms with E-state index in [1.165, 1.54) is 6.07 Å². The van der Waals surface area contributed by atoms with Crippen molar-refractivity contribution in [3.63, 3.8) is 0 Å². The number of carbonyl (C=O) groups excluding carboxylic acids is 1. The van der Waals surface area contributed by atoms with E-state index < -0.39 is 17.1 Å². The minimum atomic E-state index is -0.587. The van der Waals surface area contributed by atoms with E-state index in [0.29, 0.717) is 6.61 Å². The zero-order chi connectivity index (χ0) is 21.8. The molecule has 4 heterocycles. The summed E-state index contributed by atoms with van der Waals surface area (Å²) in [6.45, 7) is 0.697. The molecule has 3 aliphatic rings. The first-order chi connectivity index (χ1) is 15.6. The zero-order valence-electron chi connectivity index (χ0n) is 16.9. The van der Waals surface area contributed by atoms with Crippen molar-refractivity contribution in [2.75, 3.05) is 18.3 Å². The Labute approximate surface area is 187 Å². The van der Waals surface area contributed by atoms with Gasteiger partial charge >= 0.3 is 0 Å². The second-order valence-electron chi connectivity index (χ2n) is 7.82. The van der Waals surface area contributed by atoms with Gasteiger partial charge in [0, 0.05) is 34.0 Å². The molecule has 2 N–H and O–H groups in total. The Morgan fingerprint density at radius 2 is 2.00 bits per heavy atom. The van der Waals surface area contributed by atoms with Crippen LogP contribution in [-0.2, 0) is 5.75 Å². The summed E-state index contributed by atoms with van der Waals surface area (Å²) in [5.74, 6) is 0.574. The fourth-order valence-corrected chi connectivity index (χ4v) is 5.69. The molecule has 32 heavy (non-hydrogen) atoms. The van der Waals surface area contributed by atoms with Gasteiger partial charge in [-0.1, -0.05) is 36.4 Å². The van der Waals surface area contributed by atoms with Crippen LogP contribution >= 0.6 is 11.8 Å². The molecule has 0 saturated carbocycles. The Kier molecular flexibility index (Phi) is 4.29. The molecule has 0 bridgehead atoms. The lowest BCUT2D eigenvalue weighted by Gasteiger charge is -2.40. The number of nitrogens with zero attached hydrogens (tertiary/aromatic N) is 2. The van der Waals surface area contributed by atoms with Crippen LogP contribution in [0.4, 0.5) is 0 Å². The highest BCUT2D eigenvalue weighted by molar-refractivity contribution is 7.98. The van der Waals surface area contributed by atoms with Gasteiger partial charge in [0.15, 0.2) is 11.4 Å². The number of hydrogen-bond donors (Lipinski definition) is 2. The first-order valence-corrected chi connectivity index (χ1v) is 11.3. The molecular weight excluding hydrogens is 426 g/mol. The van der Waals surface area contributed by atoms with Crippen molar-refractivity contribution in [2.24, 2.45) is 0 Å². The number of thioether (sulfide) groups is 1. The van der Waals surface area contributed by atoms with Gasteiger partial charge in [0.1, 0.15) is 25.1 Å². The minimum absolute atomic E-state index is 0.0645. The van der Waals surface area contributed by atoms with Gasteiger partial charge in [-0.05, 0) is 23.3 Å². The van der Waals surface area contributed by atoms with Gasteiger partial charge in [-0.2, -0.15) is 0 Å². The largest absolute Gasteiger partial charge is 0.502 e. The SMILES string of the molecule is O=C1NCN([C@@H]2c3ccccc3SCc3ccc4c(c32)OCC=C4)n2ccc(=O)c(O)c21. The van der Waals surface area contributed by atoms with Crippen molar-refractivity contribution in [1.29, 1.82) is 0 Å². The predicted octanol–water partition coefficient (Wildman–Crippen LogP) is 2.99. The average molecular weight is 446 g/mol. The van der Waals surface area contributed by atoms with Crippen molar-refractivity contribution in [3.8, 4) is 11.5 Å². The van der Waals surface area contributed by atoms with Crippen LogP contribution in [0.25, 0.3) is 6.08 Å². The number of rotatable bonds is 1. The lowest BCUT2D eigenvalue weighted by atomic mass is 9.91. The second-order valence-corrected chi connectivity index (χ2v) is 8.84. The summed E-state index contributed by atoms with van der Waals surface area (Å²) in [4.78, 5) is 25.8. The monoisotopic (exact) mass is 445 g/mol. The van der Waals surface area contributed by atoms with Gasteiger partial charge in [0.2, 0.25) is 5.43 Å². The number of carbonyl (C=O) groups is 1. The number of ether oxygens (including phenoxy) is 1. The number of nitrogens with one attached hydrogen (secondary N) is 1. The molecule has 2 aromatic carbocycles. The van der Waals surface area contributed by atoms with Crippen molar-refractivity contribution in [3.05, 3.63) is 92.9 Å². The number of benzene rings is 2. The van der Waals surface area contributed by atoms with Crippen LogP contribution in [0, 0.1) is 0 Å². The highest BCUT2D eigenvalue weighted by atomic mass is 32.2. The quantitative estimate of drug-likeness (QED) is 0.599. The van der Waals surface area contributed by atoms with Crippen molar-refractivity contribution in [2.45, 2.75) is 16.7 Å². The summed E-state index contributed by atoms with van der Waals surface area (Å²) >= 11 is 1.76. The molecule has 8 heteroatoms. The van der Waals surface area contributed by atoms with E-state index in [1.807, 2.05) is 23.2 Å². The molecule has 1 amide bonds. The molecule has 0 saturated heterocycles. The first kappa shape index (κ1) is 19.1. The van der Waals surface area contributed by atoms with Crippen LogP contribution < -0.4 is 20.5 Å². The number of aromatic hydroxyl groups is 1. The fourth-order valence-electron chi connectivity index (χ4n) is 4.61. The smallest absolute Gasteiger partial charge is 0.275 e. The number of hydrogen-bond acceptors (Lipinski definition) is 6. The lowest BCUT2D eigenvalue weighted by Crippen LogP contribution is -2.53. The van der Waals surface area contributed by atoms with Crippen molar-refractivity contribution < 1.29 is 14.6 Å². The lowest BCUT2D eigenvalue weighted by molar-refractivity contribution is 0.0915. The van der Waals surface area contributed by atoms with Gasteiger partial charge in [-0.25, -0.2) is 0 Å².